The smallest absolute Gasteiger partial charge is 0.330 e. The van der Waals surface area contributed by atoms with E-state index in [1.807, 2.05) is 0 Å². The molecule has 6 aromatic carbocycles. The minimum Gasteiger partial charge on any atom is -0.330 e. The molecule has 0 saturated carbocycles. The topological polar surface area (TPSA) is 34.0 Å². The molecule has 11 rings (SSSR count). The molecule has 426 valence electrons. The molecule has 0 bridgehead atoms. The summed E-state index contributed by atoms with van der Waals surface area (Å²) in [5.41, 5.74) is -14.3. The highest BCUT2D eigenvalue weighted by Crippen LogP contribution is 2.57. The van der Waals surface area contributed by atoms with E-state index >= 15 is 26.3 Å². The van der Waals surface area contributed by atoms with E-state index in [0.717, 1.165) is 44.2 Å². The van der Waals surface area contributed by atoms with Crippen molar-refractivity contribution >= 4 is 44.3 Å². The normalized spacial score (nSPS) is 16.1. The quantitative estimate of drug-likeness (QED) is 0.156. The first kappa shape index (κ1) is 56.3. The highest BCUT2D eigenvalue weighted by molar-refractivity contribution is 6.10. The number of rotatable bonds is 6. The van der Waals surface area contributed by atoms with Crippen LogP contribution in [-0.2, 0) is 37.1 Å². The summed E-state index contributed by atoms with van der Waals surface area (Å²) in [5, 5.41) is 0.430. The summed E-state index contributed by atoms with van der Waals surface area (Å²) in [6, 6.07) is 19.2. The zero-order chi connectivity index (χ0) is 59.9. The number of nitrogens with zero attached hydrogens (tertiary/aromatic N) is 4. The van der Waals surface area contributed by atoms with E-state index in [2.05, 4.69) is 9.97 Å². The van der Waals surface area contributed by atoms with E-state index in [0.29, 0.717) is 53.2 Å². The van der Waals surface area contributed by atoms with E-state index in [1.54, 1.807) is 11.8 Å². The van der Waals surface area contributed by atoms with E-state index in [-0.39, 0.29) is 61.9 Å². The molecule has 0 amide bonds. The molecule has 1 aliphatic carbocycles. The number of allylic oxidation sites excluding steroid dienone is 2. The number of aryl methyl sites for hydroxylation is 2. The lowest BCUT2D eigenvalue weighted by Crippen LogP contribution is -2.40. The number of hydrogen-bond donors (Lipinski definition) is 0. The van der Waals surface area contributed by atoms with Gasteiger partial charge >= 0.3 is 37.1 Å². The molecule has 1 atom stereocenters. The number of benzene rings is 6. The minimum atomic E-state index is -5.29. The van der Waals surface area contributed by atoms with Crippen molar-refractivity contribution in [2.45, 2.75) is 69.8 Å². The van der Waals surface area contributed by atoms with Gasteiger partial charge in [-0.2, -0.15) is 79.0 Å². The highest BCUT2D eigenvalue weighted by atomic mass is 19.4. The maximum atomic E-state index is 15.5. The fourth-order valence-corrected chi connectivity index (χ4v) is 11.5. The van der Waals surface area contributed by atoms with Crippen LogP contribution in [0.4, 0.5) is 90.4 Å². The molecule has 1 aliphatic heterocycles. The van der Waals surface area contributed by atoms with Gasteiger partial charge in [0.15, 0.2) is 0 Å². The number of anilines is 2. The molecule has 3 aromatic heterocycles. The van der Waals surface area contributed by atoms with Crippen LogP contribution in [0.2, 0.25) is 0 Å². The van der Waals surface area contributed by atoms with Gasteiger partial charge in [0, 0.05) is 63.6 Å². The second-order valence-electron chi connectivity index (χ2n) is 20.4. The molecule has 4 nitrogen and oxygen atoms in total. The van der Waals surface area contributed by atoms with Crippen LogP contribution in [0, 0.1) is 13.8 Å². The minimum absolute atomic E-state index is 0.164. The molecule has 9 aromatic rings. The summed E-state index contributed by atoms with van der Waals surface area (Å²) >= 11 is 0. The lowest BCUT2D eigenvalue weighted by molar-refractivity contribution is -0.143. The Labute approximate surface area is 458 Å². The molecule has 0 spiro atoms. The van der Waals surface area contributed by atoms with Crippen LogP contribution >= 0.6 is 0 Å². The Morgan fingerprint density at radius 2 is 0.855 bits per heavy atom. The van der Waals surface area contributed by atoms with Crippen molar-refractivity contribution in [1.29, 1.82) is 0 Å². The first-order valence-electron chi connectivity index (χ1n) is 24.8. The van der Waals surface area contributed by atoms with Gasteiger partial charge in [0.1, 0.15) is 0 Å². The Kier molecular flexibility index (Phi) is 12.9. The highest BCUT2D eigenvalue weighted by Gasteiger charge is 2.49. The van der Waals surface area contributed by atoms with Crippen LogP contribution in [0.15, 0.2) is 152 Å². The lowest BCUT2D eigenvalue weighted by atomic mass is 9.78. The molecule has 83 heavy (non-hydrogen) atoms. The number of halogens is 18. The van der Waals surface area contributed by atoms with Crippen molar-refractivity contribution in [2.75, 3.05) is 4.90 Å². The first-order chi connectivity index (χ1) is 38.6. The van der Waals surface area contributed by atoms with Gasteiger partial charge in [-0.25, -0.2) is 0 Å². The summed E-state index contributed by atoms with van der Waals surface area (Å²) in [6.45, 7) is 3.85. The number of hydrogen-bond acceptors (Lipinski definition) is 3. The van der Waals surface area contributed by atoms with Crippen molar-refractivity contribution in [2.24, 2.45) is 0 Å². The summed E-state index contributed by atoms with van der Waals surface area (Å²) in [4.78, 5) is 9.96. The van der Waals surface area contributed by atoms with Gasteiger partial charge in [0.05, 0.1) is 55.6 Å². The van der Waals surface area contributed by atoms with Gasteiger partial charge in [-0.1, -0.05) is 36.4 Å². The van der Waals surface area contributed by atoms with Gasteiger partial charge in [-0.05, 0) is 168 Å². The van der Waals surface area contributed by atoms with E-state index in [9.17, 15) is 52.7 Å². The van der Waals surface area contributed by atoms with Gasteiger partial charge < -0.3 is 9.47 Å². The molecule has 2 aliphatic rings. The van der Waals surface area contributed by atoms with Crippen molar-refractivity contribution in [3.63, 3.8) is 0 Å². The van der Waals surface area contributed by atoms with Gasteiger partial charge in [-0.15, -0.1) is 0 Å². The second kappa shape index (κ2) is 19.0. The number of alkyl halides is 18. The molecule has 1 unspecified atom stereocenters. The van der Waals surface area contributed by atoms with Crippen LogP contribution < -0.4 is 4.90 Å². The number of pyridine rings is 2. The van der Waals surface area contributed by atoms with Crippen molar-refractivity contribution in [1.82, 2.24) is 14.5 Å². The average molecular weight is 1170 g/mol. The molecular formula is C61H36F18N4. The summed E-state index contributed by atoms with van der Waals surface area (Å²) in [7, 11) is 0. The molecule has 0 radical (unpaired) electrons. The fraction of sp³-hybridized carbons (Fsp3) is 0.180. The van der Waals surface area contributed by atoms with E-state index < -0.39 is 109 Å². The molecular weight excluding hydrogens is 1130 g/mol. The Morgan fingerprint density at radius 3 is 1.36 bits per heavy atom. The van der Waals surface area contributed by atoms with Crippen molar-refractivity contribution in [3.8, 4) is 39.1 Å². The maximum absolute atomic E-state index is 15.5. The van der Waals surface area contributed by atoms with Gasteiger partial charge in [-0.3, -0.25) is 9.97 Å². The van der Waals surface area contributed by atoms with Crippen LogP contribution in [-0.4, -0.2) is 20.1 Å². The zero-order valence-electron chi connectivity index (χ0n) is 42.7. The van der Waals surface area contributed by atoms with Crippen LogP contribution in [0.25, 0.3) is 72.0 Å². The largest absolute Gasteiger partial charge is 0.417 e. The molecule has 0 N–H and O–H groups in total. The summed E-state index contributed by atoms with van der Waals surface area (Å²) in [5.74, 6) is 0. The van der Waals surface area contributed by atoms with Crippen molar-refractivity contribution in [3.05, 3.63) is 208 Å². The predicted molar refractivity (Wildman–Crippen MR) is 276 cm³/mol. The Morgan fingerprint density at radius 1 is 0.422 bits per heavy atom. The standard InChI is InChI=1S/C61H36F18N4/c1-30-20-46(58(68,69)70)53(47(21-30)59(71,72)73)32-4-9-36(10-5-32)82-50-13-8-34(24-40(50)41-28-80-18-15-51(41)82)38-26-45(57(65,66)67)39(27-44(38)56(62,63)64)35-14-17-55(3)43(25-35)42-29-81-19-16-52(42)83(55)37-11-6-33(7-12-37)54-48(60(74,75)76)22-31(2)23-49(54)61(77,78)79/h4-16,18-29H,17H2,1-3H3. The third kappa shape index (κ3) is 9.71. The molecule has 0 fully saturated rings. The third-order valence-corrected chi connectivity index (χ3v) is 15.0. The van der Waals surface area contributed by atoms with Crippen LogP contribution in [0.5, 0.6) is 0 Å². The maximum Gasteiger partial charge on any atom is 0.417 e. The predicted octanol–water partition coefficient (Wildman–Crippen LogP) is 20.1. The Balaban J connectivity index is 0.994. The molecule has 4 heterocycles. The Hall–Kier alpha value is -8.56. The Bertz CT molecular complexity index is 4100. The van der Waals surface area contributed by atoms with Crippen LogP contribution in [0.1, 0.15) is 69.0 Å². The molecule has 22 heteroatoms. The number of fused-ring (bicyclic) bond motifs is 6. The first-order valence-corrected chi connectivity index (χ1v) is 24.8. The van der Waals surface area contributed by atoms with E-state index in [1.165, 1.54) is 90.0 Å². The third-order valence-electron chi connectivity index (χ3n) is 15.0. The average Bonchev–Trinajstić information content (AvgIpc) is 2.06. The SMILES string of the molecule is Cc1cc(C(F)(F)F)c(-c2ccc(N3c4ccncc4C4=CC(c5cc(C(F)(F)F)c(-c6ccc7c(c6)c6cnccc6n7-c6ccc(-c7c(C(F)(F)F)cc(C)cc7C(F)(F)F)cc6)cc5C(F)(F)F)=CCC43C)cc2)c(C(F)(F)F)c1. The summed E-state index contributed by atoms with van der Waals surface area (Å²) in [6.07, 6.45) is -23.5. The van der Waals surface area contributed by atoms with E-state index in [4.69, 9.17) is 0 Å². The second-order valence-corrected chi connectivity index (χ2v) is 20.4. The van der Waals surface area contributed by atoms with Gasteiger partial charge in [0.25, 0.3) is 0 Å². The van der Waals surface area contributed by atoms with Crippen molar-refractivity contribution < 1.29 is 79.0 Å². The number of aromatic nitrogens is 3. The monoisotopic (exact) mass is 1170 g/mol. The fourth-order valence-electron chi connectivity index (χ4n) is 11.5. The van der Waals surface area contributed by atoms with Crippen LogP contribution in [0.3, 0.4) is 0 Å². The lowest BCUT2D eigenvalue weighted by Gasteiger charge is -2.40. The zero-order valence-corrected chi connectivity index (χ0v) is 42.7. The van der Waals surface area contributed by atoms with Gasteiger partial charge in [0.2, 0.25) is 0 Å². The summed E-state index contributed by atoms with van der Waals surface area (Å²) < 4.78 is 266. The molecule has 0 saturated heterocycles.